The molecule has 1 aliphatic rings. The van der Waals surface area contributed by atoms with Crippen molar-refractivity contribution in [1.29, 1.82) is 0 Å². The molecule has 4 heteroatoms. The van der Waals surface area contributed by atoms with Gasteiger partial charge in [0, 0.05) is 29.4 Å². The van der Waals surface area contributed by atoms with Crippen LogP contribution in [0.3, 0.4) is 0 Å². The van der Waals surface area contributed by atoms with Crippen molar-refractivity contribution in [1.82, 2.24) is 0 Å². The smallest absolute Gasteiger partial charge is 0.107 e. The highest BCUT2D eigenvalue weighted by atomic mass is 32.2. The van der Waals surface area contributed by atoms with Crippen molar-refractivity contribution in [2.45, 2.75) is 4.90 Å². The standard InChI is InChI=1S/C10H13FN2S/c11-3-4-13-5-6-14-10-2-1-8(12)7-9(10)13/h1-2,7H,3-6,12H2. The van der Waals surface area contributed by atoms with E-state index in [1.165, 1.54) is 4.90 Å². The summed E-state index contributed by atoms with van der Waals surface area (Å²) in [5.74, 6) is 1.02. The number of hydrogen-bond acceptors (Lipinski definition) is 3. The van der Waals surface area contributed by atoms with Crippen molar-refractivity contribution in [3.05, 3.63) is 18.2 Å². The van der Waals surface area contributed by atoms with E-state index in [0.717, 1.165) is 23.7 Å². The number of fused-ring (bicyclic) bond motifs is 1. The van der Waals surface area contributed by atoms with Gasteiger partial charge in [0.25, 0.3) is 0 Å². The Morgan fingerprint density at radius 3 is 3.14 bits per heavy atom. The largest absolute Gasteiger partial charge is 0.399 e. The molecule has 0 aromatic heterocycles. The molecule has 0 unspecified atom stereocenters. The van der Waals surface area contributed by atoms with Gasteiger partial charge in [-0.2, -0.15) is 0 Å². The summed E-state index contributed by atoms with van der Waals surface area (Å²) >= 11 is 1.81. The Hall–Kier alpha value is -0.900. The lowest BCUT2D eigenvalue weighted by atomic mass is 10.2. The number of anilines is 2. The quantitative estimate of drug-likeness (QED) is 0.762. The molecule has 2 N–H and O–H groups in total. The van der Waals surface area contributed by atoms with Crippen molar-refractivity contribution in [3.8, 4) is 0 Å². The monoisotopic (exact) mass is 212 g/mol. The summed E-state index contributed by atoms with van der Waals surface area (Å²) in [6.45, 7) is 1.07. The highest BCUT2D eigenvalue weighted by Crippen LogP contribution is 2.35. The first-order valence-electron chi connectivity index (χ1n) is 4.64. The fraction of sp³-hybridized carbons (Fsp3) is 0.400. The predicted octanol–water partition coefficient (Wildman–Crippen LogP) is 2.15. The van der Waals surface area contributed by atoms with Gasteiger partial charge in [0.15, 0.2) is 0 Å². The van der Waals surface area contributed by atoms with Gasteiger partial charge in [0.1, 0.15) is 6.67 Å². The number of nitrogen functional groups attached to an aromatic ring is 1. The molecule has 1 aliphatic heterocycles. The van der Waals surface area contributed by atoms with Gasteiger partial charge in [0.05, 0.1) is 5.69 Å². The van der Waals surface area contributed by atoms with E-state index in [1.54, 1.807) is 0 Å². The zero-order valence-electron chi connectivity index (χ0n) is 7.87. The van der Waals surface area contributed by atoms with Crippen molar-refractivity contribution in [2.75, 3.05) is 36.2 Å². The Balaban J connectivity index is 2.32. The third-order valence-electron chi connectivity index (χ3n) is 2.30. The van der Waals surface area contributed by atoms with Gasteiger partial charge in [-0.15, -0.1) is 11.8 Å². The van der Waals surface area contributed by atoms with Crippen LogP contribution in [0.5, 0.6) is 0 Å². The molecule has 0 saturated heterocycles. The van der Waals surface area contributed by atoms with Gasteiger partial charge in [-0.05, 0) is 18.2 Å². The highest BCUT2D eigenvalue weighted by Gasteiger charge is 2.16. The molecule has 1 aromatic rings. The van der Waals surface area contributed by atoms with E-state index in [4.69, 9.17) is 5.73 Å². The van der Waals surface area contributed by atoms with Gasteiger partial charge >= 0.3 is 0 Å². The average Bonchev–Trinajstić information content (AvgIpc) is 2.19. The Morgan fingerprint density at radius 1 is 1.50 bits per heavy atom. The van der Waals surface area contributed by atoms with E-state index in [-0.39, 0.29) is 6.67 Å². The molecule has 0 saturated carbocycles. The van der Waals surface area contributed by atoms with E-state index >= 15 is 0 Å². The lowest BCUT2D eigenvalue weighted by Gasteiger charge is -2.30. The van der Waals surface area contributed by atoms with Crippen LogP contribution in [0.2, 0.25) is 0 Å². The Labute approximate surface area is 87.3 Å². The number of benzene rings is 1. The lowest BCUT2D eigenvalue weighted by Crippen LogP contribution is -2.31. The number of hydrogen-bond donors (Lipinski definition) is 1. The van der Waals surface area contributed by atoms with Gasteiger partial charge in [-0.3, -0.25) is 0 Å². The summed E-state index contributed by atoms with van der Waals surface area (Å²) < 4.78 is 12.3. The van der Waals surface area contributed by atoms with Gasteiger partial charge in [0.2, 0.25) is 0 Å². The van der Waals surface area contributed by atoms with Crippen LogP contribution in [-0.2, 0) is 0 Å². The van der Waals surface area contributed by atoms with Crippen LogP contribution >= 0.6 is 11.8 Å². The summed E-state index contributed by atoms with van der Waals surface area (Å²) in [4.78, 5) is 3.27. The van der Waals surface area contributed by atoms with E-state index in [2.05, 4.69) is 4.90 Å². The van der Waals surface area contributed by atoms with Gasteiger partial charge in [-0.1, -0.05) is 0 Å². The maximum absolute atomic E-state index is 12.3. The summed E-state index contributed by atoms with van der Waals surface area (Å²) in [5, 5.41) is 0. The number of alkyl halides is 1. The first-order valence-corrected chi connectivity index (χ1v) is 5.63. The third-order valence-corrected chi connectivity index (χ3v) is 3.34. The van der Waals surface area contributed by atoms with Crippen LogP contribution in [0.4, 0.5) is 15.8 Å². The minimum Gasteiger partial charge on any atom is -0.399 e. The zero-order valence-corrected chi connectivity index (χ0v) is 8.69. The van der Waals surface area contributed by atoms with Crippen molar-refractivity contribution in [3.63, 3.8) is 0 Å². The molecule has 0 radical (unpaired) electrons. The third kappa shape index (κ3) is 1.80. The maximum atomic E-state index is 12.3. The molecule has 2 rings (SSSR count). The molecule has 14 heavy (non-hydrogen) atoms. The number of nitrogens with two attached hydrogens (primary N) is 1. The Morgan fingerprint density at radius 2 is 2.36 bits per heavy atom. The Bertz CT molecular complexity index is 330. The van der Waals surface area contributed by atoms with Crippen molar-refractivity contribution >= 4 is 23.1 Å². The molecule has 0 fully saturated rings. The topological polar surface area (TPSA) is 29.3 Å². The van der Waals surface area contributed by atoms with Crippen molar-refractivity contribution < 1.29 is 4.39 Å². The number of nitrogens with zero attached hydrogens (tertiary/aromatic N) is 1. The number of thioether (sulfide) groups is 1. The van der Waals surface area contributed by atoms with Gasteiger partial charge < -0.3 is 10.6 Å². The molecular formula is C10H13FN2S. The van der Waals surface area contributed by atoms with E-state index in [9.17, 15) is 4.39 Å². The van der Waals surface area contributed by atoms with Crippen LogP contribution < -0.4 is 10.6 Å². The molecular weight excluding hydrogens is 199 g/mol. The molecule has 0 amide bonds. The minimum atomic E-state index is -0.307. The summed E-state index contributed by atoms with van der Waals surface area (Å²) in [6, 6.07) is 5.83. The summed E-state index contributed by atoms with van der Waals surface area (Å²) in [5.41, 5.74) is 7.54. The van der Waals surface area contributed by atoms with E-state index in [0.29, 0.717) is 6.54 Å². The molecule has 1 heterocycles. The summed E-state index contributed by atoms with van der Waals surface area (Å²) in [6.07, 6.45) is 0. The van der Waals surface area contributed by atoms with E-state index in [1.807, 2.05) is 30.0 Å². The fourth-order valence-electron chi connectivity index (χ4n) is 1.62. The highest BCUT2D eigenvalue weighted by molar-refractivity contribution is 7.99. The van der Waals surface area contributed by atoms with Crippen molar-refractivity contribution in [2.24, 2.45) is 0 Å². The minimum absolute atomic E-state index is 0.307. The summed E-state index contributed by atoms with van der Waals surface area (Å²) in [7, 11) is 0. The molecule has 0 bridgehead atoms. The predicted molar refractivity (Wildman–Crippen MR) is 59.8 cm³/mol. The second-order valence-electron chi connectivity index (χ2n) is 3.25. The second kappa shape index (κ2) is 4.09. The normalized spacial score (nSPS) is 15.4. The average molecular weight is 212 g/mol. The molecule has 0 spiro atoms. The molecule has 2 nitrogen and oxygen atoms in total. The first kappa shape index (κ1) is 9.65. The van der Waals surface area contributed by atoms with Crippen LogP contribution in [0, 0.1) is 0 Å². The first-order chi connectivity index (χ1) is 6.81. The number of rotatable bonds is 2. The van der Waals surface area contributed by atoms with Crippen LogP contribution in [0.1, 0.15) is 0 Å². The van der Waals surface area contributed by atoms with E-state index < -0.39 is 0 Å². The second-order valence-corrected chi connectivity index (χ2v) is 4.39. The van der Waals surface area contributed by atoms with Gasteiger partial charge in [-0.25, -0.2) is 4.39 Å². The zero-order chi connectivity index (χ0) is 9.97. The maximum Gasteiger partial charge on any atom is 0.107 e. The molecule has 0 atom stereocenters. The number of halogens is 1. The molecule has 76 valence electrons. The fourth-order valence-corrected chi connectivity index (χ4v) is 2.66. The van der Waals surface area contributed by atoms with Crippen LogP contribution in [0.15, 0.2) is 23.1 Å². The lowest BCUT2D eigenvalue weighted by molar-refractivity contribution is 0.491. The van der Waals surface area contributed by atoms with Crippen LogP contribution in [0.25, 0.3) is 0 Å². The molecule has 1 aromatic carbocycles. The Kier molecular flexibility index (Phi) is 2.82. The molecule has 0 aliphatic carbocycles. The van der Waals surface area contributed by atoms with Crippen LogP contribution in [-0.4, -0.2) is 25.5 Å². The SMILES string of the molecule is Nc1ccc2c(c1)N(CCF)CCS2.